The zero-order valence-corrected chi connectivity index (χ0v) is 12.3. The van der Waals surface area contributed by atoms with E-state index >= 15 is 0 Å². The zero-order chi connectivity index (χ0) is 15.0. The van der Waals surface area contributed by atoms with Crippen LogP contribution in [0.3, 0.4) is 0 Å². The Labute approximate surface area is 125 Å². The fourth-order valence-corrected chi connectivity index (χ4v) is 4.20. The smallest absolute Gasteiger partial charge is 0.165 e. The van der Waals surface area contributed by atoms with Crippen LogP contribution in [-0.4, -0.2) is 38.9 Å². The van der Waals surface area contributed by atoms with E-state index in [4.69, 9.17) is 0 Å². The van der Waals surface area contributed by atoms with Crippen molar-refractivity contribution < 1.29 is 20.1 Å². The lowest BCUT2D eigenvalue weighted by Gasteiger charge is -2.51. The molecule has 3 N–H and O–H groups in total. The Balaban J connectivity index is 1.63. The topological polar surface area (TPSA) is 77.8 Å². The number of hydrogen-bond acceptors (Lipinski definition) is 4. The van der Waals surface area contributed by atoms with Gasteiger partial charge in [0.15, 0.2) is 5.78 Å². The number of aliphatic hydroxyl groups excluding tert-OH is 2. The summed E-state index contributed by atoms with van der Waals surface area (Å²) in [6.45, 7) is 0. The van der Waals surface area contributed by atoms with Gasteiger partial charge in [-0.1, -0.05) is 37.5 Å². The van der Waals surface area contributed by atoms with Gasteiger partial charge in [0, 0.05) is 12.3 Å². The molecule has 0 aliphatic heterocycles. The van der Waals surface area contributed by atoms with Gasteiger partial charge in [-0.2, -0.15) is 0 Å². The lowest BCUT2D eigenvalue weighted by Crippen LogP contribution is -2.63. The van der Waals surface area contributed by atoms with E-state index in [9.17, 15) is 20.1 Å². The standard InChI is InChI=1S/C17H24O4/c18-12(9-11-3-1-2-4-11)5-6-13-14-10-16(20)17(14,21)8-7-15(13)19/h11-15,18-19,21H,1-4,7-10H2/t12-,13+,14+,15+,17+/m1/s1. The fraction of sp³-hybridized carbons (Fsp3) is 0.824. The molecule has 0 spiro atoms. The van der Waals surface area contributed by atoms with Gasteiger partial charge in [-0.05, 0) is 25.2 Å². The lowest BCUT2D eigenvalue weighted by molar-refractivity contribution is -0.181. The van der Waals surface area contributed by atoms with Gasteiger partial charge >= 0.3 is 0 Å². The Morgan fingerprint density at radius 2 is 2.00 bits per heavy atom. The van der Waals surface area contributed by atoms with Crippen molar-refractivity contribution in [2.75, 3.05) is 0 Å². The fourth-order valence-electron chi connectivity index (χ4n) is 4.20. The van der Waals surface area contributed by atoms with Crippen LogP contribution in [0, 0.1) is 29.6 Å². The highest BCUT2D eigenvalue weighted by molar-refractivity contribution is 5.94. The molecule has 3 saturated carbocycles. The molecule has 0 bridgehead atoms. The second kappa shape index (κ2) is 5.72. The van der Waals surface area contributed by atoms with E-state index in [0.29, 0.717) is 31.6 Å². The van der Waals surface area contributed by atoms with Crippen LogP contribution in [-0.2, 0) is 4.79 Å². The number of Topliss-reactive ketones (excluding diaryl/α,β-unsaturated/α-hetero) is 1. The molecule has 21 heavy (non-hydrogen) atoms. The first kappa shape index (κ1) is 15.0. The first-order valence-corrected chi connectivity index (χ1v) is 8.13. The van der Waals surface area contributed by atoms with Crippen LogP contribution in [0.4, 0.5) is 0 Å². The predicted octanol–water partition coefficient (Wildman–Crippen LogP) is 1.02. The van der Waals surface area contributed by atoms with E-state index < -0.39 is 17.8 Å². The summed E-state index contributed by atoms with van der Waals surface area (Å²) >= 11 is 0. The molecule has 116 valence electrons. The molecule has 3 fully saturated rings. The van der Waals surface area contributed by atoms with Crippen LogP contribution in [0.25, 0.3) is 0 Å². The summed E-state index contributed by atoms with van der Waals surface area (Å²) in [4.78, 5) is 11.6. The number of ketones is 1. The summed E-state index contributed by atoms with van der Waals surface area (Å²) in [5.74, 6) is 5.59. The van der Waals surface area contributed by atoms with Gasteiger partial charge in [0.25, 0.3) is 0 Å². The van der Waals surface area contributed by atoms with E-state index in [1.54, 1.807) is 0 Å². The van der Waals surface area contributed by atoms with Gasteiger partial charge in [-0.15, -0.1) is 0 Å². The second-order valence-electron chi connectivity index (χ2n) is 6.98. The number of carbonyl (C=O) groups excluding carboxylic acids is 1. The quantitative estimate of drug-likeness (QED) is 0.664. The highest BCUT2D eigenvalue weighted by atomic mass is 16.3. The molecule has 0 aromatic heterocycles. The molecule has 4 heteroatoms. The average Bonchev–Trinajstić information content (AvgIpc) is 2.95. The third kappa shape index (κ3) is 2.75. The first-order chi connectivity index (χ1) is 10.0. The summed E-state index contributed by atoms with van der Waals surface area (Å²) in [6.07, 6.45) is 5.28. The van der Waals surface area contributed by atoms with Crippen molar-refractivity contribution in [1.82, 2.24) is 0 Å². The molecule has 3 rings (SSSR count). The van der Waals surface area contributed by atoms with E-state index in [0.717, 1.165) is 0 Å². The largest absolute Gasteiger partial charge is 0.392 e. The van der Waals surface area contributed by atoms with Crippen molar-refractivity contribution in [2.45, 2.75) is 69.2 Å². The third-order valence-corrected chi connectivity index (χ3v) is 5.62. The van der Waals surface area contributed by atoms with Crippen molar-refractivity contribution in [3.8, 4) is 11.8 Å². The number of aliphatic hydroxyl groups is 3. The Hall–Kier alpha value is -0.890. The molecule has 3 aliphatic carbocycles. The zero-order valence-electron chi connectivity index (χ0n) is 12.3. The number of fused-ring (bicyclic) bond motifs is 1. The van der Waals surface area contributed by atoms with Crippen molar-refractivity contribution >= 4 is 5.78 Å². The normalized spacial score (nSPS) is 40.9. The monoisotopic (exact) mass is 292 g/mol. The molecule has 5 atom stereocenters. The van der Waals surface area contributed by atoms with Crippen LogP contribution in [0.15, 0.2) is 0 Å². The maximum absolute atomic E-state index is 11.6. The van der Waals surface area contributed by atoms with Crippen molar-refractivity contribution in [3.63, 3.8) is 0 Å². The molecule has 0 amide bonds. The summed E-state index contributed by atoms with van der Waals surface area (Å²) in [6, 6.07) is 0. The molecule has 0 radical (unpaired) electrons. The molecule has 0 aromatic carbocycles. The minimum Gasteiger partial charge on any atom is -0.392 e. The van der Waals surface area contributed by atoms with Crippen molar-refractivity contribution in [2.24, 2.45) is 17.8 Å². The van der Waals surface area contributed by atoms with Crippen LogP contribution in [0.5, 0.6) is 0 Å². The summed E-state index contributed by atoms with van der Waals surface area (Å²) in [5.41, 5.74) is -1.27. The molecule has 4 nitrogen and oxygen atoms in total. The Morgan fingerprint density at radius 3 is 2.67 bits per heavy atom. The summed E-state index contributed by atoms with van der Waals surface area (Å²) in [5, 5.41) is 30.4. The third-order valence-electron chi connectivity index (χ3n) is 5.62. The first-order valence-electron chi connectivity index (χ1n) is 8.13. The van der Waals surface area contributed by atoms with Crippen LogP contribution in [0.1, 0.15) is 51.4 Å². The van der Waals surface area contributed by atoms with Crippen molar-refractivity contribution in [1.29, 1.82) is 0 Å². The molecule has 0 saturated heterocycles. The Morgan fingerprint density at radius 1 is 1.29 bits per heavy atom. The average molecular weight is 292 g/mol. The van der Waals surface area contributed by atoms with E-state index in [1.807, 2.05) is 0 Å². The van der Waals surface area contributed by atoms with Gasteiger partial charge in [0.1, 0.15) is 11.7 Å². The number of rotatable bonds is 2. The van der Waals surface area contributed by atoms with Gasteiger partial charge in [-0.3, -0.25) is 4.79 Å². The highest BCUT2D eigenvalue weighted by Gasteiger charge is 2.59. The lowest BCUT2D eigenvalue weighted by atomic mass is 9.56. The predicted molar refractivity (Wildman–Crippen MR) is 77.2 cm³/mol. The molecule has 0 heterocycles. The van der Waals surface area contributed by atoms with Crippen LogP contribution in [0.2, 0.25) is 0 Å². The number of hydrogen-bond donors (Lipinski definition) is 3. The molecule has 0 unspecified atom stereocenters. The SMILES string of the molecule is O=C1C[C@H]2[C@H](C#C[C@@H](O)CC3CCCC3)[C@@H](O)CC[C@@]12O. The highest BCUT2D eigenvalue weighted by Crippen LogP contribution is 2.48. The van der Waals surface area contributed by atoms with Crippen LogP contribution >= 0.6 is 0 Å². The Bertz CT molecular complexity index is 471. The molecule has 3 aliphatic rings. The van der Waals surface area contributed by atoms with Crippen molar-refractivity contribution in [3.05, 3.63) is 0 Å². The van der Waals surface area contributed by atoms with E-state index in [2.05, 4.69) is 11.8 Å². The molecular formula is C17H24O4. The maximum Gasteiger partial charge on any atom is 0.165 e. The van der Waals surface area contributed by atoms with Gasteiger partial charge < -0.3 is 15.3 Å². The van der Waals surface area contributed by atoms with Crippen LogP contribution < -0.4 is 0 Å². The summed E-state index contributed by atoms with van der Waals surface area (Å²) in [7, 11) is 0. The maximum atomic E-state index is 11.6. The van der Waals surface area contributed by atoms with Gasteiger partial charge in [0.2, 0.25) is 0 Å². The minimum absolute atomic E-state index is 0.127. The summed E-state index contributed by atoms with van der Waals surface area (Å²) < 4.78 is 0. The minimum atomic E-state index is -1.27. The molecular weight excluding hydrogens is 268 g/mol. The number of carbonyl (C=O) groups is 1. The van der Waals surface area contributed by atoms with Gasteiger partial charge in [0.05, 0.1) is 12.0 Å². The second-order valence-corrected chi connectivity index (χ2v) is 6.98. The molecule has 0 aromatic rings. The van der Waals surface area contributed by atoms with E-state index in [-0.39, 0.29) is 17.6 Å². The Kier molecular flexibility index (Phi) is 4.09. The van der Waals surface area contributed by atoms with Gasteiger partial charge in [-0.25, -0.2) is 0 Å². The van der Waals surface area contributed by atoms with E-state index in [1.165, 1.54) is 25.7 Å².